The van der Waals surface area contributed by atoms with Crippen molar-refractivity contribution in [3.8, 4) is 11.5 Å². The Hall–Kier alpha value is -2.54. The highest BCUT2D eigenvalue weighted by atomic mass is 19.3. The van der Waals surface area contributed by atoms with Crippen LogP contribution in [0.2, 0.25) is 0 Å². The Morgan fingerprint density at radius 3 is 2.67 bits per heavy atom. The van der Waals surface area contributed by atoms with E-state index in [1.807, 2.05) is 0 Å². The Balaban J connectivity index is 1.72. The minimum absolute atomic E-state index is 0.268. The van der Waals surface area contributed by atoms with E-state index in [0.717, 1.165) is 4.90 Å². The molecule has 0 bridgehead atoms. The molecule has 2 aromatic rings. The standard InChI is InChI=1S/C17H16F2N2O3/c18-17(19)8-13(10-22)21(11-17)16(23)12-3-5-14(6-4-12)24-15-2-1-7-20-9-15/h1-7,9,13,22H,8,10-11H2. The number of ether oxygens (including phenoxy) is 1. The Morgan fingerprint density at radius 2 is 2.04 bits per heavy atom. The van der Waals surface area contributed by atoms with E-state index in [2.05, 4.69) is 4.98 Å². The quantitative estimate of drug-likeness (QED) is 0.934. The molecular weight excluding hydrogens is 318 g/mol. The van der Waals surface area contributed by atoms with Gasteiger partial charge in [0.15, 0.2) is 0 Å². The molecule has 1 N–H and O–H groups in total. The molecule has 1 aliphatic rings. The largest absolute Gasteiger partial charge is 0.456 e. The van der Waals surface area contributed by atoms with Gasteiger partial charge in [0.2, 0.25) is 0 Å². The molecular formula is C17H16F2N2O3. The number of aliphatic hydroxyl groups is 1. The summed E-state index contributed by atoms with van der Waals surface area (Å²) in [5.41, 5.74) is 0.268. The number of hydrogen-bond donors (Lipinski definition) is 1. The lowest BCUT2D eigenvalue weighted by Crippen LogP contribution is -2.38. The number of aliphatic hydroxyl groups excluding tert-OH is 1. The first-order chi connectivity index (χ1) is 11.5. The van der Waals surface area contributed by atoms with Crippen molar-refractivity contribution in [3.05, 3.63) is 54.4 Å². The number of alkyl halides is 2. The summed E-state index contributed by atoms with van der Waals surface area (Å²) < 4.78 is 32.5. The summed E-state index contributed by atoms with van der Waals surface area (Å²) in [5.74, 6) is -2.44. The van der Waals surface area contributed by atoms with Crippen molar-refractivity contribution in [1.29, 1.82) is 0 Å². The van der Waals surface area contributed by atoms with Gasteiger partial charge in [-0.3, -0.25) is 9.78 Å². The van der Waals surface area contributed by atoms with Crippen molar-refractivity contribution < 1.29 is 23.4 Å². The molecule has 126 valence electrons. The van der Waals surface area contributed by atoms with Crippen LogP contribution in [0.1, 0.15) is 16.8 Å². The van der Waals surface area contributed by atoms with Crippen LogP contribution < -0.4 is 4.74 Å². The van der Waals surface area contributed by atoms with Gasteiger partial charge in [-0.05, 0) is 36.4 Å². The lowest BCUT2D eigenvalue weighted by Gasteiger charge is -2.22. The highest BCUT2D eigenvalue weighted by Gasteiger charge is 2.46. The summed E-state index contributed by atoms with van der Waals surface area (Å²) in [6.45, 7) is -1.16. The van der Waals surface area contributed by atoms with Crippen molar-refractivity contribution in [3.63, 3.8) is 0 Å². The van der Waals surface area contributed by atoms with Crippen molar-refractivity contribution in [2.75, 3.05) is 13.2 Å². The van der Waals surface area contributed by atoms with E-state index in [-0.39, 0.29) is 5.56 Å². The smallest absolute Gasteiger partial charge is 0.267 e. The van der Waals surface area contributed by atoms with Crippen LogP contribution in [0.25, 0.3) is 0 Å². The minimum Gasteiger partial charge on any atom is -0.456 e. The molecule has 7 heteroatoms. The first-order valence-electron chi connectivity index (χ1n) is 7.46. The lowest BCUT2D eigenvalue weighted by molar-refractivity contribution is 0.0116. The summed E-state index contributed by atoms with van der Waals surface area (Å²) in [4.78, 5) is 17.4. The maximum atomic E-state index is 13.5. The van der Waals surface area contributed by atoms with Crippen LogP contribution in [0, 0.1) is 0 Å². The summed E-state index contributed by atoms with van der Waals surface area (Å²) >= 11 is 0. The van der Waals surface area contributed by atoms with Gasteiger partial charge in [0.1, 0.15) is 11.5 Å². The molecule has 5 nitrogen and oxygen atoms in total. The van der Waals surface area contributed by atoms with Gasteiger partial charge in [-0.25, -0.2) is 8.78 Å². The predicted octanol–water partition coefficient (Wildman–Crippen LogP) is 2.72. The summed E-state index contributed by atoms with van der Waals surface area (Å²) in [6, 6.07) is 8.81. The molecule has 1 aromatic carbocycles. The number of benzene rings is 1. The molecule has 1 unspecified atom stereocenters. The molecule has 1 aliphatic heterocycles. The summed E-state index contributed by atoms with van der Waals surface area (Å²) in [7, 11) is 0. The Labute approximate surface area is 137 Å². The molecule has 1 saturated heterocycles. The predicted molar refractivity (Wildman–Crippen MR) is 82.2 cm³/mol. The van der Waals surface area contributed by atoms with E-state index in [4.69, 9.17) is 4.74 Å². The van der Waals surface area contributed by atoms with Crippen LogP contribution in [0.15, 0.2) is 48.8 Å². The zero-order valence-corrected chi connectivity index (χ0v) is 12.7. The Morgan fingerprint density at radius 1 is 1.29 bits per heavy atom. The number of halogens is 2. The highest BCUT2D eigenvalue weighted by Crippen LogP contribution is 2.33. The number of carbonyl (C=O) groups excluding carboxylic acids is 1. The van der Waals surface area contributed by atoms with Crippen LogP contribution in [-0.4, -0.2) is 46.0 Å². The molecule has 0 spiro atoms. The van der Waals surface area contributed by atoms with Crippen LogP contribution in [-0.2, 0) is 0 Å². The van der Waals surface area contributed by atoms with Crippen LogP contribution in [0.4, 0.5) is 8.78 Å². The molecule has 1 aromatic heterocycles. The van der Waals surface area contributed by atoms with Crippen LogP contribution >= 0.6 is 0 Å². The van der Waals surface area contributed by atoms with E-state index in [1.165, 1.54) is 12.1 Å². The van der Waals surface area contributed by atoms with Crippen molar-refractivity contribution in [2.45, 2.75) is 18.4 Å². The second-order valence-corrected chi connectivity index (χ2v) is 5.64. The molecule has 24 heavy (non-hydrogen) atoms. The first kappa shape index (κ1) is 16.3. The van der Waals surface area contributed by atoms with Crippen molar-refractivity contribution in [1.82, 2.24) is 9.88 Å². The second kappa shape index (κ2) is 6.52. The SMILES string of the molecule is O=C(c1ccc(Oc2cccnc2)cc1)N1CC(F)(F)CC1CO. The number of rotatable bonds is 4. The third-order valence-electron chi connectivity index (χ3n) is 3.82. The van der Waals surface area contributed by atoms with Gasteiger partial charge in [-0.2, -0.15) is 0 Å². The van der Waals surface area contributed by atoms with Gasteiger partial charge in [0.05, 0.1) is 25.4 Å². The topological polar surface area (TPSA) is 62.7 Å². The van der Waals surface area contributed by atoms with E-state index in [1.54, 1.807) is 36.7 Å². The lowest BCUT2D eigenvalue weighted by atomic mass is 10.1. The van der Waals surface area contributed by atoms with Crippen molar-refractivity contribution >= 4 is 5.91 Å². The van der Waals surface area contributed by atoms with Gasteiger partial charge in [-0.15, -0.1) is 0 Å². The number of amides is 1. The second-order valence-electron chi connectivity index (χ2n) is 5.64. The van der Waals surface area contributed by atoms with Gasteiger partial charge >= 0.3 is 0 Å². The van der Waals surface area contributed by atoms with Crippen LogP contribution in [0.3, 0.4) is 0 Å². The van der Waals surface area contributed by atoms with E-state index in [0.29, 0.717) is 11.5 Å². The van der Waals surface area contributed by atoms with Gasteiger partial charge in [0, 0.05) is 18.2 Å². The number of carbonyl (C=O) groups is 1. The van der Waals surface area contributed by atoms with Gasteiger partial charge < -0.3 is 14.7 Å². The third-order valence-corrected chi connectivity index (χ3v) is 3.82. The minimum atomic E-state index is -2.97. The van der Waals surface area contributed by atoms with Gasteiger partial charge in [-0.1, -0.05) is 0 Å². The molecule has 0 saturated carbocycles. The fraction of sp³-hybridized carbons (Fsp3) is 0.294. The summed E-state index contributed by atoms with van der Waals surface area (Å²) in [6.07, 6.45) is 2.66. The maximum absolute atomic E-state index is 13.5. The number of nitrogens with zero attached hydrogens (tertiary/aromatic N) is 2. The molecule has 1 atom stereocenters. The first-order valence-corrected chi connectivity index (χ1v) is 7.46. The van der Waals surface area contributed by atoms with Crippen molar-refractivity contribution in [2.24, 2.45) is 0 Å². The fourth-order valence-corrected chi connectivity index (χ4v) is 2.67. The Kier molecular flexibility index (Phi) is 4.44. The van der Waals surface area contributed by atoms with E-state index < -0.39 is 37.4 Å². The Bertz CT molecular complexity index is 708. The number of hydrogen-bond acceptors (Lipinski definition) is 4. The molecule has 2 heterocycles. The average molecular weight is 334 g/mol. The molecule has 0 radical (unpaired) electrons. The zero-order chi connectivity index (χ0) is 17.2. The number of likely N-dealkylation sites (tertiary alicyclic amines) is 1. The average Bonchev–Trinajstić information content (AvgIpc) is 2.91. The molecule has 0 aliphatic carbocycles. The zero-order valence-electron chi connectivity index (χ0n) is 12.7. The fourth-order valence-electron chi connectivity index (χ4n) is 2.67. The molecule has 3 rings (SSSR count). The molecule has 1 fully saturated rings. The third kappa shape index (κ3) is 3.51. The highest BCUT2D eigenvalue weighted by molar-refractivity contribution is 5.94. The van der Waals surface area contributed by atoms with E-state index in [9.17, 15) is 18.7 Å². The van der Waals surface area contributed by atoms with Crippen LogP contribution in [0.5, 0.6) is 11.5 Å². The van der Waals surface area contributed by atoms with Gasteiger partial charge in [0.25, 0.3) is 11.8 Å². The summed E-state index contributed by atoms with van der Waals surface area (Å²) in [5, 5.41) is 9.22. The number of aromatic nitrogens is 1. The monoisotopic (exact) mass is 334 g/mol. The normalized spacial score (nSPS) is 19.3. The molecule has 1 amide bonds. The van der Waals surface area contributed by atoms with E-state index >= 15 is 0 Å². The number of pyridine rings is 1. The maximum Gasteiger partial charge on any atom is 0.267 e.